The Balaban J connectivity index is 1.91. The van der Waals surface area contributed by atoms with Crippen molar-refractivity contribution in [1.29, 1.82) is 0 Å². The van der Waals surface area contributed by atoms with Crippen LogP contribution < -0.4 is 10.4 Å². The summed E-state index contributed by atoms with van der Waals surface area (Å²) < 4.78 is 12.3. The van der Waals surface area contributed by atoms with E-state index >= 15 is 0 Å². The standard InChI is InChI=1S/C24H29BN2O2/c1-7-8-18-26-19(2)27(21-12-10-9-11-13-21)22-16-14-20(15-17-22)25-28-23(3,4)24(5,6)29-25/h7-18H,1H2,2-6H3/b18-8-,26-19?. The lowest BCUT2D eigenvalue weighted by molar-refractivity contribution is 0.00578. The Morgan fingerprint density at radius 1 is 0.931 bits per heavy atom. The Morgan fingerprint density at radius 3 is 2.03 bits per heavy atom. The SMILES string of the molecule is C=C/C=C\N=C(C)N(c1ccccc1)c1ccc(B2OC(C)(C)C(C)(C)O2)cc1. The van der Waals surface area contributed by atoms with Crippen molar-refractivity contribution in [2.24, 2.45) is 4.99 Å². The minimum atomic E-state index is -0.371. The van der Waals surface area contributed by atoms with Gasteiger partial charge in [-0.25, -0.2) is 4.99 Å². The van der Waals surface area contributed by atoms with Crippen LogP contribution >= 0.6 is 0 Å². The zero-order chi connectivity index (χ0) is 21.1. The summed E-state index contributed by atoms with van der Waals surface area (Å²) in [6.45, 7) is 13.9. The number of benzene rings is 2. The third-order valence-electron chi connectivity index (χ3n) is 5.50. The summed E-state index contributed by atoms with van der Waals surface area (Å²) in [5, 5.41) is 0. The molecule has 1 aliphatic heterocycles. The predicted octanol–water partition coefficient (Wildman–Crippen LogP) is 5.24. The summed E-state index contributed by atoms with van der Waals surface area (Å²) in [6.07, 6.45) is 5.27. The molecule has 0 N–H and O–H groups in total. The van der Waals surface area contributed by atoms with Crippen LogP contribution in [0.4, 0.5) is 11.4 Å². The molecule has 0 saturated carbocycles. The molecule has 0 radical (unpaired) electrons. The lowest BCUT2D eigenvalue weighted by atomic mass is 9.79. The number of aliphatic imine (C=N–C) groups is 1. The molecule has 29 heavy (non-hydrogen) atoms. The maximum Gasteiger partial charge on any atom is 0.494 e. The second kappa shape index (κ2) is 8.40. The highest BCUT2D eigenvalue weighted by Gasteiger charge is 2.51. The van der Waals surface area contributed by atoms with E-state index in [2.05, 4.69) is 80.6 Å². The van der Waals surface area contributed by atoms with E-state index in [1.807, 2.05) is 31.2 Å². The van der Waals surface area contributed by atoms with Gasteiger partial charge in [0.15, 0.2) is 0 Å². The molecule has 0 aliphatic carbocycles. The number of para-hydroxylation sites is 1. The van der Waals surface area contributed by atoms with Crippen molar-refractivity contribution in [3.05, 3.63) is 79.5 Å². The van der Waals surface area contributed by atoms with E-state index < -0.39 is 0 Å². The van der Waals surface area contributed by atoms with Crippen LogP contribution in [-0.2, 0) is 9.31 Å². The van der Waals surface area contributed by atoms with E-state index in [-0.39, 0.29) is 18.3 Å². The average Bonchev–Trinajstić information content (AvgIpc) is 2.91. The van der Waals surface area contributed by atoms with Gasteiger partial charge in [0.25, 0.3) is 0 Å². The molecule has 150 valence electrons. The third-order valence-corrected chi connectivity index (χ3v) is 5.50. The fourth-order valence-corrected chi connectivity index (χ4v) is 3.13. The Labute approximate surface area is 174 Å². The Bertz CT molecular complexity index is 886. The highest BCUT2D eigenvalue weighted by Crippen LogP contribution is 2.36. The van der Waals surface area contributed by atoms with E-state index in [1.165, 1.54) is 0 Å². The van der Waals surface area contributed by atoms with Gasteiger partial charge in [0.05, 0.1) is 11.2 Å². The lowest BCUT2D eigenvalue weighted by Gasteiger charge is -2.32. The number of hydrogen-bond acceptors (Lipinski definition) is 3. The monoisotopic (exact) mass is 388 g/mol. The van der Waals surface area contributed by atoms with E-state index in [1.54, 1.807) is 12.3 Å². The van der Waals surface area contributed by atoms with Crippen molar-refractivity contribution in [3.63, 3.8) is 0 Å². The van der Waals surface area contributed by atoms with Crippen LogP contribution in [0.15, 0.2) is 84.5 Å². The van der Waals surface area contributed by atoms with E-state index in [4.69, 9.17) is 9.31 Å². The first kappa shape index (κ1) is 21.1. The van der Waals surface area contributed by atoms with Crippen LogP contribution in [0.2, 0.25) is 0 Å². The summed E-state index contributed by atoms with van der Waals surface area (Å²) >= 11 is 0. The average molecular weight is 388 g/mol. The number of allylic oxidation sites excluding steroid dienone is 2. The van der Waals surface area contributed by atoms with E-state index in [0.29, 0.717) is 0 Å². The first-order chi connectivity index (χ1) is 13.7. The largest absolute Gasteiger partial charge is 0.494 e. The molecule has 5 heteroatoms. The molecule has 1 aliphatic rings. The maximum atomic E-state index is 6.17. The Morgan fingerprint density at radius 2 is 1.48 bits per heavy atom. The molecule has 4 nitrogen and oxygen atoms in total. The van der Waals surface area contributed by atoms with Crippen molar-refractivity contribution < 1.29 is 9.31 Å². The van der Waals surface area contributed by atoms with Gasteiger partial charge in [-0.1, -0.05) is 43.0 Å². The van der Waals surface area contributed by atoms with Gasteiger partial charge >= 0.3 is 7.12 Å². The van der Waals surface area contributed by atoms with Crippen LogP contribution in [-0.4, -0.2) is 24.2 Å². The summed E-state index contributed by atoms with van der Waals surface area (Å²) in [7, 11) is -0.371. The minimum Gasteiger partial charge on any atom is -0.399 e. The summed E-state index contributed by atoms with van der Waals surface area (Å²) in [6, 6.07) is 18.4. The summed E-state index contributed by atoms with van der Waals surface area (Å²) in [5.41, 5.74) is 2.36. The van der Waals surface area contributed by atoms with Crippen LogP contribution in [0.25, 0.3) is 0 Å². The molecule has 2 aromatic rings. The number of rotatable bonds is 5. The highest BCUT2D eigenvalue weighted by molar-refractivity contribution is 6.62. The quantitative estimate of drug-likeness (QED) is 0.304. The van der Waals surface area contributed by atoms with Gasteiger partial charge in [-0.3, -0.25) is 4.90 Å². The predicted molar refractivity (Wildman–Crippen MR) is 123 cm³/mol. The Kier molecular flexibility index (Phi) is 6.11. The van der Waals surface area contributed by atoms with Crippen LogP contribution in [0, 0.1) is 0 Å². The summed E-state index contributed by atoms with van der Waals surface area (Å²) in [4.78, 5) is 6.66. The third kappa shape index (κ3) is 4.52. The van der Waals surface area contributed by atoms with Gasteiger partial charge in [-0.05, 0) is 70.4 Å². The van der Waals surface area contributed by atoms with Gasteiger partial charge in [0.1, 0.15) is 5.84 Å². The molecule has 1 fully saturated rings. The molecule has 0 aromatic heterocycles. The zero-order valence-electron chi connectivity index (χ0n) is 17.9. The molecule has 0 bridgehead atoms. The Hall–Kier alpha value is -2.63. The van der Waals surface area contributed by atoms with Crippen LogP contribution in [0.1, 0.15) is 34.6 Å². The fraction of sp³-hybridized carbons (Fsp3) is 0.292. The van der Waals surface area contributed by atoms with Crippen molar-refractivity contribution in [3.8, 4) is 0 Å². The number of anilines is 2. The smallest absolute Gasteiger partial charge is 0.399 e. The molecule has 1 saturated heterocycles. The first-order valence-corrected chi connectivity index (χ1v) is 9.88. The van der Waals surface area contributed by atoms with Gasteiger partial charge in [0.2, 0.25) is 0 Å². The van der Waals surface area contributed by atoms with Gasteiger partial charge < -0.3 is 9.31 Å². The van der Waals surface area contributed by atoms with E-state index in [0.717, 1.165) is 22.7 Å². The molecule has 0 amide bonds. The van der Waals surface area contributed by atoms with E-state index in [9.17, 15) is 0 Å². The molecule has 1 heterocycles. The number of hydrogen-bond donors (Lipinski definition) is 0. The lowest BCUT2D eigenvalue weighted by Crippen LogP contribution is -2.41. The topological polar surface area (TPSA) is 34.1 Å². The van der Waals surface area contributed by atoms with Gasteiger partial charge in [-0.2, -0.15) is 0 Å². The van der Waals surface area contributed by atoms with Crippen LogP contribution in [0.5, 0.6) is 0 Å². The minimum absolute atomic E-state index is 0.354. The first-order valence-electron chi connectivity index (χ1n) is 9.88. The zero-order valence-corrected chi connectivity index (χ0v) is 17.9. The fourth-order valence-electron chi connectivity index (χ4n) is 3.13. The molecule has 0 spiro atoms. The molecule has 3 rings (SSSR count). The second-order valence-corrected chi connectivity index (χ2v) is 8.10. The van der Waals surface area contributed by atoms with Crippen molar-refractivity contribution >= 4 is 29.8 Å². The van der Waals surface area contributed by atoms with Crippen molar-refractivity contribution in [2.45, 2.75) is 45.8 Å². The van der Waals surface area contributed by atoms with Gasteiger partial charge in [0, 0.05) is 17.6 Å². The number of nitrogens with zero attached hydrogens (tertiary/aromatic N) is 2. The summed E-state index contributed by atoms with van der Waals surface area (Å²) in [5.74, 6) is 0.859. The number of amidine groups is 1. The van der Waals surface area contributed by atoms with Crippen molar-refractivity contribution in [1.82, 2.24) is 0 Å². The molecule has 0 unspecified atom stereocenters. The normalized spacial score (nSPS) is 18.2. The highest BCUT2D eigenvalue weighted by atomic mass is 16.7. The second-order valence-electron chi connectivity index (χ2n) is 8.10. The van der Waals surface area contributed by atoms with Gasteiger partial charge in [-0.15, -0.1) is 0 Å². The molecule has 0 atom stereocenters. The van der Waals surface area contributed by atoms with Crippen LogP contribution in [0.3, 0.4) is 0 Å². The maximum absolute atomic E-state index is 6.17. The molecular weight excluding hydrogens is 359 g/mol. The molecule has 2 aromatic carbocycles. The molecular formula is C24H29BN2O2. The van der Waals surface area contributed by atoms with Crippen molar-refractivity contribution in [2.75, 3.05) is 4.90 Å².